The van der Waals surface area contributed by atoms with Crippen LogP contribution < -0.4 is 20.3 Å². The summed E-state index contributed by atoms with van der Waals surface area (Å²) in [6, 6.07) is 16.0. The first-order chi connectivity index (χ1) is 17.8. The van der Waals surface area contributed by atoms with Crippen molar-refractivity contribution in [3.63, 3.8) is 0 Å². The number of nitrogens with one attached hydrogen (secondary N) is 1. The summed E-state index contributed by atoms with van der Waals surface area (Å²) in [5.41, 5.74) is 1.46. The van der Waals surface area contributed by atoms with Gasteiger partial charge in [0.05, 0.1) is 23.7 Å². The van der Waals surface area contributed by atoms with Gasteiger partial charge >= 0.3 is 0 Å². The van der Waals surface area contributed by atoms with Crippen LogP contribution in [0.25, 0.3) is 10.9 Å². The standard InChI is InChI=1S/C26H21Br2ClN4O4/c1-3-36-21-11-16(13-30-33-15(2)31-20-10-9-17(27)12-19(20)26(33)35)23(28)24(29)25(21)37-14-22(34)32-18-7-5-4-6-8-18/h4-13H,3,14H2,1-2H3,(H,32,34). The Hall–Kier alpha value is -3.21. The zero-order valence-corrected chi connectivity index (χ0v) is 23.7. The summed E-state index contributed by atoms with van der Waals surface area (Å²) in [5.74, 6) is 0.611. The Balaban J connectivity index is 1.63. The van der Waals surface area contributed by atoms with Crippen molar-refractivity contribution in [3.8, 4) is 11.5 Å². The third-order valence-electron chi connectivity index (χ3n) is 5.14. The molecule has 8 nitrogen and oxygen atoms in total. The number of benzene rings is 3. The normalized spacial score (nSPS) is 11.2. The summed E-state index contributed by atoms with van der Waals surface area (Å²) in [6.07, 6.45) is 1.48. The minimum Gasteiger partial charge on any atom is -0.490 e. The molecule has 37 heavy (non-hydrogen) atoms. The Morgan fingerprint density at radius 1 is 1.16 bits per heavy atom. The van der Waals surface area contributed by atoms with E-state index in [-0.39, 0.29) is 28.8 Å². The van der Waals surface area contributed by atoms with Gasteiger partial charge in [-0.1, -0.05) is 45.7 Å². The molecule has 0 spiro atoms. The number of ether oxygens (including phenoxy) is 2. The maximum absolute atomic E-state index is 13.0. The van der Waals surface area contributed by atoms with Gasteiger partial charge in [0, 0.05) is 20.2 Å². The Morgan fingerprint density at radius 2 is 1.92 bits per heavy atom. The Morgan fingerprint density at radius 3 is 2.65 bits per heavy atom. The van der Waals surface area contributed by atoms with Crippen LogP contribution in [0.1, 0.15) is 18.3 Å². The van der Waals surface area contributed by atoms with Crippen molar-refractivity contribution in [2.45, 2.75) is 13.8 Å². The van der Waals surface area contributed by atoms with E-state index in [0.29, 0.717) is 44.8 Å². The lowest BCUT2D eigenvalue weighted by molar-refractivity contribution is -0.118. The van der Waals surface area contributed by atoms with Gasteiger partial charge in [0.15, 0.2) is 18.1 Å². The summed E-state index contributed by atoms with van der Waals surface area (Å²) >= 11 is 13.4. The number of hydrogen-bond acceptors (Lipinski definition) is 6. The molecule has 0 bridgehead atoms. The lowest BCUT2D eigenvalue weighted by Crippen LogP contribution is -2.21. The minimum absolute atomic E-state index is 0.199. The number of hydrogen-bond donors (Lipinski definition) is 1. The van der Waals surface area contributed by atoms with Gasteiger partial charge in [0.25, 0.3) is 11.5 Å². The van der Waals surface area contributed by atoms with Crippen molar-refractivity contribution in [3.05, 3.63) is 90.3 Å². The number of aromatic nitrogens is 2. The number of fused-ring (bicyclic) bond motifs is 1. The molecule has 190 valence electrons. The molecule has 1 aromatic heterocycles. The van der Waals surface area contributed by atoms with Crippen LogP contribution in [0.2, 0.25) is 5.02 Å². The molecule has 0 atom stereocenters. The van der Waals surface area contributed by atoms with Crippen LogP contribution >= 0.6 is 43.5 Å². The summed E-state index contributed by atoms with van der Waals surface area (Å²) in [6.45, 7) is 3.58. The summed E-state index contributed by atoms with van der Waals surface area (Å²) in [5, 5.41) is 7.74. The molecule has 1 heterocycles. The first-order valence-corrected chi connectivity index (χ1v) is 13.1. The van der Waals surface area contributed by atoms with Gasteiger partial charge in [0.1, 0.15) is 10.8 Å². The van der Waals surface area contributed by atoms with Crippen LogP contribution in [-0.4, -0.2) is 35.0 Å². The number of rotatable bonds is 8. The van der Waals surface area contributed by atoms with Gasteiger partial charge in [-0.3, -0.25) is 9.59 Å². The highest BCUT2D eigenvalue weighted by molar-refractivity contribution is 9.10. The molecule has 0 aliphatic carbocycles. The second-order valence-electron chi connectivity index (χ2n) is 7.74. The van der Waals surface area contributed by atoms with Gasteiger partial charge in [-0.05, 0) is 66.2 Å². The van der Waals surface area contributed by atoms with E-state index in [2.05, 4.69) is 47.3 Å². The second-order valence-corrected chi connectivity index (χ2v) is 9.83. The monoisotopic (exact) mass is 646 g/mol. The molecular weight excluding hydrogens is 628 g/mol. The number of para-hydroxylation sites is 1. The quantitative estimate of drug-likeness (QED) is 0.230. The molecule has 0 saturated carbocycles. The van der Waals surface area contributed by atoms with E-state index in [0.717, 1.165) is 4.47 Å². The number of halogens is 3. The van der Waals surface area contributed by atoms with Crippen LogP contribution in [-0.2, 0) is 4.79 Å². The highest BCUT2D eigenvalue weighted by atomic mass is 79.9. The number of nitrogens with zero attached hydrogens (tertiary/aromatic N) is 3. The molecule has 0 aliphatic rings. The second kappa shape index (κ2) is 11.9. The molecule has 3 aromatic carbocycles. The Kier molecular flexibility index (Phi) is 8.63. The highest BCUT2D eigenvalue weighted by Crippen LogP contribution is 2.42. The number of carbonyl (C=O) groups excluding carboxylic acids is 1. The first kappa shape index (κ1) is 26.8. The number of carbonyl (C=O) groups is 1. The average molecular weight is 649 g/mol. The van der Waals surface area contributed by atoms with Gasteiger partial charge in [-0.25, -0.2) is 4.98 Å². The van der Waals surface area contributed by atoms with E-state index in [9.17, 15) is 9.59 Å². The molecule has 0 aliphatic heterocycles. The first-order valence-electron chi connectivity index (χ1n) is 11.1. The van der Waals surface area contributed by atoms with Crippen molar-refractivity contribution in [2.24, 2.45) is 5.10 Å². The maximum atomic E-state index is 13.0. The SMILES string of the molecule is CCOc1cc(C=Nn2c(C)nc3ccc(Br)cc3c2=O)c(Br)c(Cl)c1OCC(=O)Nc1ccccc1. The van der Waals surface area contributed by atoms with Crippen molar-refractivity contribution in [2.75, 3.05) is 18.5 Å². The van der Waals surface area contributed by atoms with Crippen LogP contribution in [0.15, 0.2) is 73.4 Å². The van der Waals surface area contributed by atoms with Crippen molar-refractivity contribution < 1.29 is 14.3 Å². The fourth-order valence-electron chi connectivity index (χ4n) is 3.47. The minimum atomic E-state index is -0.350. The number of anilines is 1. The average Bonchev–Trinajstić information content (AvgIpc) is 2.87. The van der Waals surface area contributed by atoms with E-state index < -0.39 is 0 Å². The van der Waals surface area contributed by atoms with E-state index in [4.69, 9.17) is 21.1 Å². The van der Waals surface area contributed by atoms with E-state index >= 15 is 0 Å². The fourth-order valence-corrected chi connectivity index (χ4v) is 4.48. The lowest BCUT2D eigenvalue weighted by atomic mass is 10.2. The maximum Gasteiger partial charge on any atom is 0.282 e. The van der Waals surface area contributed by atoms with Gasteiger partial charge in [-0.15, -0.1) is 0 Å². The number of aryl methyl sites for hydroxylation is 1. The van der Waals surface area contributed by atoms with Crippen LogP contribution in [0, 0.1) is 6.92 Å². The van der Waals surface area contributed by atoms with Crippen molar-refractivity contribution in [1.29, 1.82) is 0 Å². The molecule has 11 heteroatoms. The van der Waals surface area contributed by atoms with Gasteiger partial charge in [-0.2, -0.15) is 9.78 Å². The smallest absolute Gasteiger partial charge is 0.282 e. The van der Waals surface area contributed by atoms with Crippen molar-refractivity contribution in [1.82, 2.24) is 9.66 Å². The van der Waals surface area contributed by atoms with Gasteiger partial charge < -0.3 is 14.8 Å². The summed E-state index contributed by atoms with van der Waals surface area (Å²) in [4.78, 5) is 29.9. The zero-order valence-electron chi connectivity index (χ0n) is 19.8. The molecule has 4 rings (SSSR count). The van der Waals surface area contributed by atoms with Crippen LogP contribution in [0.4, 0.5) is 5.69 Å². The molecule has 1 amide bonds. The molecule has 0 unspecified atom stereocenters. The predicted molar refractivity (Wildman–Crippen MR) is 152 cm³/mol. The Bertz CT molecular complexity index is 1560. The summed E-state index contributed by atoms with van der Waals surface area (Å²) < 4.78 is 13.9. The predicted octanol–water partition coefficient (Wildman–Crippen LogP) is 6.18. The molecule has 0 saturated heterocycles. The lowest BCUT2D eigenvalue weighted by Gasteiger charge is -2.16. The van der Waals surface area contributed by atoms with E-state index in [1.807, 2.05) is 31.2 Å². The molecule has 0 radical (unpaired) electrons. The fraction of sp³-hybridized carbons (Fsp3) is 0.154. The largest absolute Gasteiger partial charge is 0.490 e. The van der Waals surface area contributed by atoms with Crippen LogP contribution in [0.5, 0.6) is 11.5 Å². The third-order valence-corrected chi connectivity index (χ3v) is 7.08. The summed E-state index contributed by atoms with van der Waals surface area (Å²) in [7, 11) is 0. The molecular formula is C26H21Br2ClN4O4. The van der Waals surface area contributed by atoms with E-state index in [1.54, 1.807) is 37.3 Å². The Labute approximate surface area is 234 Å². The van der Waals surface area contributed by atoms with Gasteiger partial charge in [0.2, 0.25) is 0 Å². The van der Waals surface area contributed by atoms with Crippen molar-refractivity contribution >= 4 is 72.2 Å². The highest BCUT2D eigenvalue weighted by Gasteiger charge is 2.19. The number of amides is 1. The topological polar surface area (TPSA) is 94.8 Å². The molecule has 0 fully saturated rings. The molecule has 4 aromatic rings. The van der Waals surface area contributed by atoms with Crippen LogP contribution in [0.3, 0.4) is 0 Å². The zero-order chi connectivity index (χ0) is 26.5. The molecule has 1 N–H and O–H groups in total. The van der Waals surface area contributed by atoms with E-state index in [1.165, 1.54) is 10.9 Å². The third kappa shape index (κ3) is 6.20.